The van der Waals surface area contributed by atoms with Crippen molar-refractivity contribution >= 4 is 33.0 Å². The number of aryl methyl sites for hydroxylation is 3. The molecule has 0 fully saturated rings. The van der Waals surface area contributed by atoms with Crippen LogP contribution < -0.4 is 10.9 Å². The molecule has 4 aromatic rings. The van der Waals surface area contributed by atoms with E-state index in [2.05, 4.69) is 22.5 Å². The number of aromatic nitrogens is 3. The molecule has 0 unspecified atom stereocenters. The highest BCUT2D eigenvalue weighted by atomic mass is 32.1. The highest BCUT2D eigenvalue weighted by Gasteiger charge is 2.13. The van der Waals surface area contributed by atoms with E-state index in [0.29, 0.717) is 24.9 Å². The number of thiophene rings is 1. The lowest BCUT2D eigenvalue weighted by Crippen LogP contribution is -2.33. The number of nitrogens with one attached hydrogen (secondary N) is 1. The molecule has 0 saturated heterocycles. The van der Waals surface area contributed by atoms with Gasteiger partial charge in [0.05, 0.1) is 10.2 Å². The summed E-state index contributed by atoms with van der Waals surface area (Å²) in [5, 5.41) is 9.54. The number of fused-ring (bicyclic) bond motifs is 3. The van der Waals surface area contributed by atoms with Gasteiger partial charge in [0.25, 0.3) is 5.56 Å². The lowest BCUT2D eigenvalue weighted by atomic mass is 10.1. The van der Waals surface area contributed by atoms with Crippen LogP contribution in [0.2, 0.25) is 0 Å². The van der Waals surface area contributed by atoms with E-state index in [1.807, 2.05) is 54.0 Å². The fraction of sp³-hybridized carbons (Fsp3) is 0.348. The molecule has 1 N–H and O–H groups in total. The van der Waals surface area contributed by atoms with Gasteiger partial charge in [0.1, 0.15) is 11.3 Å². The minimum atomic E-state index is -0.111. The molecule has 0 saturated carbocycles. The quantitative estimate of drug-likeness (QED) is 0.468. The molecule has 30 heavy (non-hydrogen) atoms. The molecule has 1 aromatic carbocycles. The standard InChI is InChI=1S/C23H26N4O2S/c1-16(10-11-18-7-4-3-5-8-18)24-22(28)9-6-13-26-23(29)20-15-21-19(12-14-30-21)27(20)17(2)25-26/h3-5,7-8,12,14-16H,6,9-11,13H2,1-2H3,(H,24,28)/t16-/m1/s1. The summed E-state index contributed by atoms with van der Waals surface area (Å²) in [6.07, 6.45) is 2.80. The third kappa shape index (κ3) is 4.31. The Balaban J connectivity index is 1.31. The summed E-state index contributed by atoms with van der Waals surface area (Å²) in [4.78, 5) is 25.1. The highest BCUT2D eigenvalue weighted by molar-refractivity contribution is 7.17. The average molecular weight is 423 g/mol. The summed E-state index contributed by atoms with van der Waals surface area (Å²) in [7, 11) is 0. The van der Waals surface area contributed by atoms with Crippen LogP contribution in [0.15, 0.2) is 52.6 Å². The molecular formula is C23H26N4O2S. The minimum absolute atomic E-state index is 0.0182. The van der Waals surface area contributed by atoms with Gasteiger partial charge in [0, 0.05) is 19.0 Å². The van der Waals surface area contributed by atoms with Crippen LogP contribution in [0.4, 0.5) is 0 Å². The first-order valence-corrected chi connectivity index (χ1v) is 11.2. The van der Waals surface area contributed by atoms with Gasteiger partial charge in [0.2, 0.25) is 5.91 Å². The summed E-state index contributed by atoms with van der Waals surface area (Å²) < 4.78 is 4.48. The maximum absolute atomic E-state index is 12.8. The van der Waals surface area contributed by atoms with Gasteiger partial charge in [0.15, 0.2) is 0 Å². The average Bonchev–Trinajstić information content (AvgIpc) is 3.32. The van der Waals surface area contributed by atoms with Gasteiger partial charge in [-0.1, -0.05) is 30.3 Å². The van der Waals surface area contributed by atoms with Gasteiger partial charge >= 0.3 is 0 Å². The van der Waals surface area contributed by atoms with E-state index in [9.17, 15) is 9.59 Å². The molecule has 1 amide bonds. The maximum atomic E-state index is 12.8. The van der Waals surface area contributed by atoms with Crippen molar-refractivity contribution in [2.75, 3.05) is 0 Å². The van der Waals surface area contributed by atoms with Crippen molar-refractivity contribution in [3.63, 3.8) is 0 Å². The van der Waals surface area contributed by atoms with Crippen molar-refractivity contribution in [1.29, 1.82) is 0 Å². The Kier molecular flexibility index (Phi) is 5.99. The molecule has 0 aliphatic carbocycles. The number of hydrogen-bond acceptors (Lipinski definition) is 4. The Morgan fingerprint density at radius 3 is 2.80 bits per heavy atom. The van der Waals surface area contributed by atoms with Crippen LogP contribution in [0, 0.1) is 6.92 Å². The molecule has 1 atom stereocenters. The van der Waals surface area contributed by atoms with Gasteiger partial charge < -0.3 is 5.32 Å². The van der Waals surface area contributed by atoms with Crippen LogP contribution in [0.1, 0.15) is 37.6 Å². The summed E-state index contributed by atoms with van der Waals surface area (Å²) in [5.41, 5.74) is 2.83. The third-order valence-electron chi connectivity index (χ3n) is 5.36. The van der Waals surface area contributed by atoms with Gasteiger partial charge in [-0.3, -0.25) is 14.0 Å². The number of amides is 1. The number of carbonyl (C=O) groups excluding carboxylic acids is 1. The fourth-order valence-electron chi connectivity index (χ4n) is 3.82. The van der Waals surface area contributed by atoms with Gasteiger partial charge in [-0.15, -0.1) is 11.3 Å². The molecule has 0 aliphatic heterocycles. The first-order chi connectivity index (χ1) is 14.5. The second-order valence-corrected chi connectivity index (χ2v) is 8.65. The predicted octanol–water partition coefficient (Wildman–Crippen LogP) is 3.94. The minimum Gasteiger partial charge on any atom is -0.354 e. The summed E-state index contributed by atoms with van der Waals surface area (Å²) in [6, 6.07) is 14.3. The number of benzene rings is 1. The van der Waals surface area contributed by atoms with Crippen LogP contribution in [0.5, 0.6) is 0 Å². The van der Waals surface area contributed by atoms with Gasteiger partial charge in [-0.25, -0.2) is 4.68 Å². The van der Waals surface area contributed by atoms with Crippen molar-refractivity contribution < 1.29 is 4.79 Å². The van der Waals surface area contributed by atoms with E-state index in [-0.39, 0.29) is 17.5 Å². The predicted molar refractivity (Wildman–Crippen MR) is 121 cm³/mol. The molecule has 6 nitrogen and oxygen atoms in total. The molecule has 3 heterocycles. The Hall–Kier alpha value is -2.93. The monoisotopic (exact) mass is 422 g/mol. The first-order valence-electron chi connectivity index (χ1n) is 10.3. The molecule has 156 valence electrons. The van der Waals surface area contributed by atoms with Crippen molar-refractivity contribution in [1.82, 2.24) is 19.5 Å². The number of rotatable bonds is 8. The molecule has 0 bridgehead atoms. The normalized spacial score (nSPS) is 12.5. The zero-order valence-electron chi connectivity index (χ0n) is 17.3. The van der Waals surface area contributed by atoms with Gasteiger partial charge in [-0.05, 0) is 56.2 Å². The topological polar surface area (TPSA) is 68.4 Å². The fourth-order valence-corrected chi connectivity index (χ4v) is 4.62. The second-order valence-electron chi connectivity index (χ2n) is 7.71. The largest absolute Gasteiger partial charge is 0.354 e. The van der Waals surface area contributed by atoms with Crippen LogP contribution in [-0.4, -0.2) is 26.1 Å². The van der Waals surface area contributed by atoms with Crippen molar-refractivity contribution in [3.05, 3.63) is 69.6 Å². The number of hydrogen-bond donors (Lipinski definition) is 1. The summed E-state index contributed by atoms with van der Waals surface area (Å²) in [6.45, 7) is 4.37. The molecule has 0 aliphatic rings. The Morgan fingerprint density at radius 2 is 2.00 bits per heavy atom. The molecule has 0 radical (unpaired) electrons. The van der Waals surface area contributed by atoms with Crippen molar-refractivity contribution in [2.45, 2.75) is 52.1 Å². The Bertz CT molecular complexity index is 1220. The van der Waals surface area contributed by atoms with E-state index in [1.165, 1.54) is 10.2 Å². The van der Waals surface area contributed by atoms with E-state index in [1.54, 1.807) is 11.3 Å². The molecule has 7 heteroatoms. The molecule has 4 rings (SSSR count). The Labute approximate surface area is 179 Å². The van der Waals surface area contributed by atoms with Crippen LogP contribution in [0.25, 0.3) is 15.7 Å². The van der Waals surface area contributed by atoms with E-state index in [0.717, 1.165) is 28.9 Å². The van der Waals surface area contributed by atoms with Crippen molar-refractivity contribution in [2.24, 2.45) is 0 Å². The summed E-state index contributed by atoms with van der Waals surface area (Å²) in [5.74, 6) is 0.793. The Morgan fingerprint density at radius 1 is 1.20 bits per heavy atom. The molecule has 0 spiro atoms. The molecular weight excluding hydrogens is 396 g/mol. The lowest BCUT2D eigenvalue weighted by Gasteiger charge is -2.14. The number of nitrogens with zero attached hydrogens (tertiary/aromatic N) is 3. The third-order valence-corrected chi connectivity index (χ3v) is 6.21. The second kappa shape index (κ2) is 8.83. The maximum Gasteiger partial charge on any atom is 0.291 e. The van der Waals surface area contributed by atoms with E-state index in [4.69, 9.17) is 0 Å². The zero-order chi connectivity index (χ0) is 21.1. The number of carbonyl (C=O) groups is 1. The SMILES string of the molecule is Cc1nn(CCCC(=O)N[C@H](C)CCc2ccccc2)c(=O)c2cc3sccc3n12. The van der Waals surface area contributed by atoms with E-state index >= 15 is 0 Å². The van der Waals surface area contributed by atoms with Crippen molar-refractivity contribution in [3.8, 4) is 0 Å². The zero-order valence-corrected chi connectivity index (χ0v) is 18.1. The summed E-state index contributed by atoms with van der Waals surface area (Å²) >= 11 is 1.62. The highest BCUT2D eigenvalue weighted by Crippen LogP contribution is 2.24. The lowest BCUT2D eigenvalue weighted by molar-refractivity contribution is -0.121. The van der Waals surface area contributed by atoms with Crippen LogP contribution in [0.3, 0.4) is 0 Å². The van der Waals surface area contributed by atoms with Crippen LogP contribution in [-0.2, 0) is 17.8 Å². The van der Waals surface area contributed by atoms with Gasteiger partial charge in [-0.2, -0.15) is 5.10 Å². The smallest absolute Gasteiger partial charge is 0.291 e. The first kappa shape index (κ1) is 20.3. The molecule has 3 aromatic heterocycles. The van der Waals surface area contributed by atoms with Crippen LogP contribution >= 0.6 is 11.3 Å². The van der Waals surface area contributed by atoms with E-state index < -0.39 is 0 Å².